The molecule has 0 bridgehead atoms. The number of carbonyl (C=O) groups excluding carboxylic acids is 1. The zero-order valence-corrected chi connectivity index (χ0v) is 12.1. The van der Waals surface area contributed by atoms with E-state index in [0.717, 1.165) is 42.0 Å². The van der Waals surface area contributed by atoms with Crippen molar-refractivity contribution in [3.63, 3.8) is 0 Å². The number of benzene rings is 1. The average Bonchev–Trinajstić information content (AvgIpc) is 3.00. The lowest BCUT2D eigenvalue weighted by atomic mass is 9.89. The number of aromatic nitrogens is 2. The first kappa shape index (κ1) is 13.7. The van der Waals surface area contributed by atoms with Gasteiger partial charge in [-0.3, -0.25) is 4.79 Å². The molecule has 0 spiro atoms. The molecule has 1 heterocycles. The van der Waals surface area contributed by atoms with Crippen LogP contribution in [0, 0.1) is 5.92 Å². The molecule has 1 aliphatic rings. The van der Waals surface area contributed by atoms with E-state index in [2.05, 4.69) is 15.3 Å². The molecular weight excluding hydrogens is 266 g/mol. The minimum Gasteiger partial charge on any atom is -0.497 e. The SMILES string of the molecule is COc1cccc(CNC(=O)[C@@H]2CCc3nc[nH]c3C2)c1. The Morgan fingerprint density at radius 2 is 2.43 bits per heavy atom. The third-order valence-electron chi connectivity index (χ3n) is 3.96. The number of rotatable bonds is 4. The van der Waals surface area contributed by atoms with Crippen LogP contribution in [0.1, 0.15) is 23.4 Å². The minimum absolute atomic E-state index is 0.0311. The molecule has 1 amide bonds. The third-order valence-corrected chi connectivity index (χ3v) is 3.96. The molecule has 0 fully saturated rings. The molecule has 0 saturated carbocycles. The number of aromatic amines is 1. The monoisotopic (exact) mass is 285 g/mol. The van der Waals surface area contributed by atoms with E-state index in [1.165, 1.54) is 0 Å². The van der Waals surface area contributed by atoms with Crippen LogP contribution in [0.4, 0.5) is 0 Å². The predicted molar refractivity (Wildman–Crippen MR) is 78.9 cm³/mol. The summed E-state index contributed by atoms with van der Waals surface area (Å²) < 4.78 is 5.18. The van der Waals surface area contributed by atoms with Crippen molar-refractivity contribution in [3.8, 4) is 5.75 Å². The number of ether oxygens (including phenoxy) is 1. The molecule has 1 aromatic carbocycles. The number of hydrogen-bond donors (Lipinski definition) is 2. The van der Waals surface area contributed by atoms with E-state index < -0.39 is 0 Å². The maximum atomic E-state index is 12.3. The smallest absolute Gasteiger partial charge is 0.223 e. The molecule has 0 unspecified atom stereocenters. The molecule has 0 saturated heterocycles. The number of nitrogens with one attached hydrogen (secondary N) is 2. The lowest BCUT2D eigenvalue weighted by Gasteiger charge is -2.20. The molecule has 21 heavy (non-hydrogen) atoms. The molecule has 1 aliphatic carbocycles. The van der Waals surface area contributed by atoms with Crippen molar-refractivity contribution in [1.29, 1.82) is 0 Å². The van der Waals surface area contributed by atoms with Gasteiger partial charge in [-0.05, 0) is 30.5 Å². The Morgan fingerprint density at radius 3 is 3.29 bits per heavy atom. The van der Waals surface area contributed by atoms with Crippen LogP contribution in [0.15, 0.2) is 30.6 Å². The normalized spacial score (nSPS) is 17.1. The van der Waals surface area contributed by atoms with E-state index in [0.29, 0.717) is 6.54 Å². The summed E-state index contributed by atoms with van der Waals surface area (Å²) in [5, 5.41) is 3.01. The molecule has 2 N–H and O–H groups in total. The summed E-state index contributed by atoms with van der Waals surface area (Å²) >= 11 is 0. The fraction of sp³-hybridized carbons (Fsp3) is 0.375. The van der Waals surface area contributed by atoms with Gasteiger partial charge in [-0.25, -0.2) is 4.98 Å². The lowest BCUT2D eigenvalue weighted by molar-refractivity contribution is -0.125. The highest BCUT2D eigenvalue weighted by molar-refractivity contribution is 5.79. The van der Waals surface area contributed by atoms with Crippen LogP contribution in [0.25, 0.3) is 0 Å². The minimum atomic E-state index is 0.0311. The first-order chi connectivity index (χ1) is 10.3. The van der Waals surface area contributed by atoms with Crippen molar-refractivity contribution < 1.29 is 9.53 Å². The average molecular weight is 285 g/mol. The van der Waals surface area contributed by atoms with Gasteiger partial charge in [0.1, 0.15) is 5.75 Å². The van der Waals surface area contributed by atoms with Crippen molar-refractivity contribution in [2.24, 2.45) is 5.92 Å². The van der Waals surface area contributed by atoms with E-state index in [9.17, 15) is 4.79 Å². The van der Waals surface area contributed by atoms with Crippen molar-refractivity contribution in [1.82, 2.24) is 15.3 Å². The van der Waals surface area contributed by atoms with Crippen LogP contribution in [0.5, 0.6) is 5.75 Å². The Bertz CT molecular complexity index is 636. The van der Waals surface area contributed by atoms with Gasteiger partial charge in [0.15, 0.2) is 0 Å². The number of methoxy groups -OCH3 is 1. The van der Waals surface area contributed by atoms with Gasteiger partial charge in [0.25, 0.3) is 0 Å². The van der Waals surface area contributed by atoms with Gasteiger partial charge in [-0.2, -0.15) is 0 Å². The number of aryl methyl sites for hydroxylation is 1. The van der Waals surface area contributed by atoms with E-state index >= 15 is 0 Å². The number of H-pyrrole nitrogens is 1. The molecular formula is C16H19N3O2. The molecule has 3 rings (SSSR count). The van der Waals surface area contributed by atoms with E-state index in [4.69, 9.17) is 4.74 Å². The zero-order valence-electron chi connectivity index (χ0n) is 12.1. The van der Waals surface area contributed by atoms with E-state index in [1.807, 2.05) is 24.3 Å². The Hall–Kier alpha value is -2.30. The quantitative estimate of drug-likeness (QED) is 0.900. The number of fused-ring (bicyclic) bond motifs is 1. The van der Waals surface area contributed by atoms with Crippen LogP contribution >= 0.6 is 0 Å². The van der Waals surface area contributed by atoms with Crippen LogP contribution in [-0.4, -0.2) is 23.0 Å². The number of carbonyl (C=O) groups is 1. The lowest BCUT2D eigenvalue weighted by Crippen LogP contribution is -2.33. The van der Waals surface area contributed by atoms with E-state index in [-0.39, 0.29) is 11.8 Å². The van der Waals surface area contributed by atoms with Crippen LogP contribution < -0.4 is 10.1 Å². The van der Waals surface area contributed by atoms with Crippen molar-refractivity contribution in [3.05, 3.63) is 47.5 Å². The molecule has 5 heteroatoms. The Labute approximate surface area is 123 Å². The maximum absolute atomic E-state index is 12.3. The van der Waals surface area contributed by atoms with Crippen molar-refractivity contribution in [2.45, 2.75) is 25.8 Å². The molecule has 0 radical (unpaired) electrons. The maximum Gasteiger partial charge on any atom is 0.223 e. The summed E-state index contributed by atoms with van der Waals surface area (Å²) in [5.74, 6) is 0.947. The van der Waals surface area contributed by atoms with Crippen molar-refractivity contribution >= 4 is 5.91 Å². The Morgan fingerprint density at radius 1 is 1.52 bits per heavy atom. The molecule has 5 nitrogen and oxygen atoms in total. The predicted octanol–water partition coefficient (Wildman–Crippen LogP) is 1.84. The zero-order chi connectivity index (χ0) is 14.7. The standard InChI is InChI=1S/C16H19N3O2/c1-21-13-4-2-3-11(7-13)9-17-16(20)12-5-6-14-15(8-12)19-10-18-14/h2-4,7,10,12H,5-6,8-9H2,1H3,(H,17,20)(H,18,19)/t12-/m1/s1. The summed E-state index contributed by atoms with van der Waals surface area (Å²) in [4.78, 5) is 19.7. The van der Waals surface area contributed by atoms with Gasteiger partial charge in [0, 0.05) is 24.6 Å². The summed E-state index contributed by atoms with van der Waals surface area (Å²) in [6, 6.07) is 7.74. The number of imidazole rings is 1. The second-order valence-corrected chi connectivity index (χ2v) is 5.34. The number of nitrogens with zero attached hydrogens (tertiary/aromatic N) is 1. The van der Waals surface area contributed by atoms with Gasteiger partial charge < -0.3 is 15.0 Å². The van der Waals surface area contributed by atoms with Crippen molar-refractivity contribution in [2.75, 3.05) is 7.11 Å². The van der Waals surface area contributed by atoms with Gasteiger partial charge in [-0.1, -0.05) is 12.1 Å². The van der Waals surface area contributed by atoms with Crippen LogP contribution in [-0.2, 0) is 24.2 Å². The fourth-order valence-corrected chi connectivity index (χ4v) is 2.74. The van der Waals surface area contributed by atoms with Gasteiger partial charge in [0.05, 0.1) is 19.1 Å². The molecule has 1 aromatic heterocycles. The molecule has 0 aliphatic heterocycles. The highest BCUT2D eigenvalue weighted by Gasteiger charge is 2.25. The third kappa shape index (κ3) is 3.07. The number of amides is 1. The highest BCUT2D eigenvalue weighted by atomic mass is 16.5. The van der Waals surface area contributed by atoms with Gasteiger partial charge in [-0.15, -0.1) is 0 Å². The largest absolute Gasteiger partial charge is 0.497 e. The second-order valence-electron chi connectivity index (χ2n) is 5.34. The molecule has 1 atom stereocenters. The van der Waals surface area contributed by atoms with E-state index in [1.54, 1.807) is 13.4 Å². The van der Waals surface area contributed by atoms with Gasteiger partial charge in [0.2, 0.25) is 5.91 Å². The summed E-state index contributed by atoms with van der Waals surface area (Å²) in [5.41, 5.74) is 3.25. The summed E-state index contributed by atoms with van der Waals surface area (Å²) in [6.45, 7) is 0.530. The van der Waals surface area contributed by atoms with Crippen LogP contribution in [0.2, 0.25) is 0 Å². The molecule has 2 aromatic rings. The first-order valence-electron chi connectivity index (χ1n) is 7.18. The first-order valence-corrected chi connectivity index (χ1v) is 7.18. The van der Waals surface area contributed by atoms with Gasteiger partial charge >= 0.3 is 0 Å². The van der Waals surface area contributed by atoms with Crippen LogP contribution in [0.3, 0.4) is 0 Å². The summed E-state index contributed by atoms with van der Waals surface area (Å²) in [6.07, 6.45) is 4.19. The second kappa shape index (κ2) is 5.99. The topological polar surface area (TPSA) is 67.0 Å². The number of hydrogen-bond acceptors (Lipinski definition) is 3. The Kier molecular flexibility index (Phi) is 3.90. The molecule has 110 valence electrons. The fourth-order valence-electron chi connectivity index (χ4n) is 2.74. The Balaban J connectivity index is 1.57. The summed E-state index contributed by atoms with van der Waals surface area (Å²) in [7, 11) is 1.64. The highest BCUT2D eigenvalue weighted by Crippen LogP contribution is 2.23.